The number of methoxy groups -OCH3 is 2. The molecule has 0 heterocycles. The number of nitrogens with one attached hydrogen (secondary N) is 1. The van der Waals surface area contributed by atoms with Gasteiger partial charge in [-0.05, 0) is 38.5 Å². The Hall–Kier alpha value is -2.08. The highest BCUT2D eigenvalue weighted by Crippen LogP contribution is 2.25. The molecule has 1 rings (SSSR count). The van der Waals surface area contributed by atoms with Crippen LogP contribution in [0.25, 0.3) is 0 Å². The number of benzene rings is 1. The van der Waals surface area contributed by atoms with Crippen LogP contribution in [0, 0.1) is 0 Å². The van der Waals surface area contributed by atoms with Gasteiger partial charge in [0.15, 0.2) is 0 Å². The van der Waals surface area contributed by atoms with Crippen LogP contribution < -0.4 is 10.1 Å². The van der Waals surface area contributed by atoms with Crippen LogP contribution in [-0.2, 0) is 14.3 Å². The number of amides is 1. The van der Waals surface area contributed by atoms with E-state index in [1.807, 2.05) is 13.8 Å². The van der Waals surface area contributed by atoms with E-state index in [9.17, 15) is 9.59 Å². The van der Waals surface area contributed by atoms with Crippen LogP contribution in [0.4, 0.5) is 5.69 Å². The standard InChI is InChI=1S/C16H23NO5/c1-6-16(3,22-7-2)15(19)17-11-8-9-13(20-4)12(10-11)14(18)21-5/h8-10H,6-7H2,1-5H3,(H,17,19)/t16-/m0/s1. The summed E-state index contributed by atoms with van der Waals surface area (Å²) >= 11 is 0. The average molecular weight is 309 g/mol. The first-order valence-electron chi connectivity index (χ1n) is 7.13. The third-order valence-electron chi connectivity index (χ3n) is 3.48. The van der Waals surface area contributed by atoms with Crippen molar-refractivity contribution in [3.63, 3.8) is 0 Å². The molecule has 0 saturated carbocycles. The minimum atomic E-state index is -0.917. The first kappa shape index (κ1) is 18.0. The van der Waals surface area contributed by atoms with E-state index in [1.54, 1.807) is 19.1 Å². The van der Waals surface area contributed by atoms with Crippen molar-refractivity contribution in [2.24, 2.45) is 0 Å². The second-order valence-electron chi connectivity index (χ2n) is 4.88. The van der Waals surface area contributed by atoms with Crippen molar-refractivity contribution in [3.8, 4) is 5.75 Å². The van der Waals surface area contributed by atoms with E-state index >= 15 is 0 Å². The van der Waals surface area contributed by atoms with E-state index in [1.165, 1.54) is 20.3 Å². The van der Waals surface area contributed by atoms with Crippen molar-refractivity contribution in [2.45, 2.75) is 32.8 Å². The summed E-state index contributed by atoms with van der Waals surface area (Å²) in [7, 11) is 2.75. The fourth-order valence-electron chi connectivity index (χ4n) is 1.97. The van der Waals surface area contributed by atoms with Crippen LogP contribution in [-0.4, -0.2) is 38.3 Å². The Morgan fingerprint density at radius 1 is 1.23 bits per heavy atom. The molecule has 6 nitrogen and oxygen atoms in total. The van der Waals surface area contributed by atoms with Gasteiger partial charge in [-0.2, -0.15) is 0 Å². The van der Waals surface area contributed by atoms with Crippen LogP contribution in [0.2, 0.25) is 0 Å². The predicted molar refractivity (Wildman–Crippen MR) is 83.3 cm³/mol. The van der Waals surface area contributed by atoms with Crippen molar-refractivity contribution >= 4 is 17.6 Å². The fraction of sp³-hybridized carbons (Fsp3) is 0.500. The molecule has 6 heteroatoms. The molecule has 0 radical (unpaired) electrons. The summed E-state index contributed by atoms with van der Waals surface area (Å²) in [5.41, 5.74) is -0.192. The van der Waals surface area contributed by atoms with E-state index in [-0.39, 0.29) is 11.5 Å². The summed E-state index contributed by atoms with van der Waals surface area (Å²) in [6, 6.07) is 4.78. The summed E-state index contributed by atoms with van der Waals surface area (Å²) in [4.78, 5) is 24.1. The molecule has 122 valence electrons. The van der Waals surface area contributed by atoms with Gasteiger partial charge in [0.1, 0.15) is 16.9 Å². The number of hydrogen-bond acceptors (Lipinski definition) is 5. The predicted octanol–water partition coefficient (Wildman–Crippen LogP) is 2.63. The Morgan fingerprint density at radius 3 is 2.41 bits per heavy atom. The smallest absolute Gasteiger partial charge is 0.341 e. The SMILES string of the molecule is CCO[C@@](C)(CC)C(=O)Nc1ccc(OC)c(C(=O)OC)c1. The van der Waals surface area contributed by atoms with Gasteiger partial charge < -0.3 is 19.5 Å². The van der Waals surface area contributed by atoms with Crippen molar-refractivity contribution in [2.75, 3.05) is 26.1 Å². The monoisotopic (exact) mass is 309 g/mol. The summed E-state index contributed by atoms with van der Waals surface area (Å²) in [6.07, 6.45) is 0.534. The summed E-state index contributed by atoms with van der Waals surface area (Å²) in [6.45, 7) is 5.89. The van der Waals surface area contributed by atoms with Gasteiger partial charge in [0.2, 0.25) is 0 Å². The third-order valence-corrected chi connectivity index (χ3v) is 3.48. The van der Waals surface area contributed by atoms with Crippen LogP contribution in [0.3, 0.4) is 0 Å². The number of carbonyl (C=O) groups is 2. The number of rotatable bonds is 7. The molecule has 0 aliphatic carbocycles. The average Bonchev–Trinajstić information content (AvgIpc) is 2.53. The maximum absolute atomic E-state index is 12.4. The highest BCUT2D eigenvalue weighted by molar-refractivity contribution is 5.99. The molecule has 0 saturated heterocycles. The molecule has 0 aliphatic heterocycles. The van der Waals surface area contributed by atoms with E-state index in [0.717, 1.165) is 0 Å². The molecule has 0 aliphatic rings. The maximum atomic E-state index is 12.4. The van der Waals surface area contributed by atoms with Crippen LogP contribution >= 0.6 is 0 Å². The lowest BCUT2D eigenvalue weighted by atomic mass is 10.0. The molecule has 0 spiro atoms. The van der Waals surface area contributed by atoms with Gasteiger partial charge in [0.25, 0.3) is 5.91 Å². The third kappa shape index (κ3) is 3.98. The zero-order valence-electron chi connectivity index (χ0n) is 13.7. The minimum absolute atomic E-state index is 0.248. The van der Waals surface area contributed by atoms with Crippen LogP contribution in [0.15, 0.2) is 18.2 Å². The molecule has 1 aromatic rings. The molecular weight excluding hydrogens is 286 g/mol. The zero-order chi connectivity index (χ0) is 16.8. The van der Waals surface area contributed by atoms with Crippen molar-refractivity contribution in [3.05, 3.63) is 23.8 Å². The van der Waals surface area contributed by atoms with E-state index in [0.29, 0.717) is 24.5 Å². The quantitative estimate of drug-likeness (QED) is 0.784. The van der Waals surface area contributed by atoms with Crippen LogP contribution in [0.5, 0.6) is 5.75 Å². The molecule has 0 unspecified atom stereocenters. The number of ether oxygens (including phenoxy) is 3. The van der Waals surface area contributed by atoms with Gasteiger partial charge >= 0.3 is 5.97 Å². The lowest BCUT2D eigenvalue weighted by Gasteiger charge is -2.26. The normalized spacial score (nSPS) is 13.1. The Bertz CT molecular complexity index is 543. The molecule has 1 atom stereocenters. The largest absolute Gasteiger partial charge is 0.496 e. The number of hydrogen-bond donors (Lipinski definition) is 1. The van der Waals surface area contributed by atoms with E-state index < -0.39 is 11.6 Å². The second-order valence-corrected chi connectivity index (χ2v) is 4.88. The molecule has 1 N–H and O–H groups in total. The summed E-state index contributed by atoms with van der Waals surface area (Å²) < 4.78 is 15.4. The Morgan fingerprint density at radius 2 is 1.91 bits per heavy atom. The van der Waals surface area contributed by atoms with Gasteiger partial charge in [-0.3, -0.25) is 4.79 Å². The Kier molecular flexibility index (Phi) is 6.37. The first-order valence-corrected chi connectivity index (χ1v) is 7.13. The minimum Gasteiger partial charge on any atom is -0.496 e. The topological polar surface area (TPSA) is 73.9 Å². The van der Waals surface area contributed by atoms with Gasteiger partial charge in [0, 0.05) is 12.3 Å². The summed E-state index contributed by atoms with van der Waals surface area (Å²) in [5, 5.41) is 2.76. The molecule has 1 aromatic carbocycles. The number of carbonyl (C=O) groups excluding carboxylic acids is 2. The van der Waals surface area contributed by atoms with Gasteiger partial charge in [-0.15, -0.1) is 0 Å². The summed E-state index contributed by atoms with van der Waals surface area (Å²) in [5.74, 6) is -0.415. The second kappa shape index (κ2) is 7.79. The molecule has 1 amide bonds. The molecule has 0 fully saturated rings. The lowest BCUT2D eigenvalue weighted by molar-refractivity contribution is -0.139. The van der Waals surface area contributed by atoms with Gasteiger partial charge in [0.05, 0.1) is 14.2 Å². The fourth-order valence-corrected chi connectivity index (χ4v) is 1.97. The van der Waals surface area contributed by atoms with Crippen molar-refractivity contribution < 1.29 is 23.8 Å². The van der Waals surface area contributed by atoms with Crippen molar-refractivity contribution in [1.29, 1.82) is 0 Å². The number of esters is 1. The van der Waals surface area contributed by atoms with E-state index in [4.69, 9.17) is 14.2 Å². The Balaban J connectivity index is 3.03. The van der Waals surface area contributed by atoms with Gasteiger partial charge in [-0.1, -0.05) is 6.92 Å². The van der Waals surface area contributed by atoms with E-state index in [2.05, 4.69) is 5.32 Å². The number of anilines is 1. The lowest BCUT2D eigenvalue weighted by Crippen LogP contribution is -2.42. The molecular formula is C16H23NO5. The Labute approximate surface area is 130 Å². The molecule has 0 aromatic heterocycles. The van der Waals surface area contributed by atoms with Crippen molar-refractivity contribution in [1.82, 2.24) is 0 Å². The maximum Gasteiger partial charge on any atom is 0.341 e. The van der Waals surface area contributed by atoms with Gasteiger partial charge in [-0.25, -0.2) is 4.79 Å². The van der Waals surface area contributed by atoms with Crippen LogP contribution in [0.1, 0.15) is 37.6 Å². The highest BCUT2D eigenvalue weighted by Gasteiger charge is 2.32. The molecule has 22 heavy (non-hydrogen) atoms. The molecule has 0 bridgehead atoms. The first-order chi connectivity index (χ1) is 10.4. The zero-order valence-corrected chi connectivity index (χ0v) is 13.7. The highest BCUT2D eigenvalue weighted by atomic mass is 16.5.